The van der Waals surface area contributed by atoms with E-state index in [0.717, 1.165) is 24.3 Å². The largest absolute Gasteiger partial charge is 0.368 e. The van der Waals surface area contributed by atoms with Crippen LogP contribution in [-0.4, -0.2) is 41.0 Å². The number of piperidine rings is 1. The van der Waals surface area contributed by atoms with Gasteiger partial charge in [-0.15, -0.1) is 0 Å². The summed E-state index contributed by atoms with van der Waals surface area (Å²) in [6.45, 7) is 4.19. The van der Waals surface area contributed by atoms with Crippen molar-refractivity contribution >= 4 is 17.4 Å². The first kappa shape index (κ1) is 13.6. The Bertz CT molecular complexity index is 397. The number of nitrogens with zero attached hydrogens (tertiary/aromatic N) is 3. The molecular weight excluding hydrogens is 248 g/mol. The van der Waals surface area contributed by atoms with Crippen LogP contribution in [0.1, 0.15) is 31.7 Å². The molecule has 1 fully saturated rings. The molecule has 4 nitrogen and oxygen atoms in total. The first-order valence-corrected chi connectivity index (χ1v) is 7.03. The summed E-state index contributed by atoms with van der Waals surface area (Å²) in [5.41, 5.74) is 1.01. The molecule has 1 saturated heterocycles. The molecule has 0 spiro atoms. The third kappa shape index (κ3) is 3.12. The summed E-state index contributed by atoms with van der Waals surface area (Å²) in [4.78, 5) is 10.7. The number of likely N-dealkylation sites (tertiary alicyclic amines) is 1. The number of halogens is 1. The van der Waals surface area contributed by atoms with Crippen molar-refractivity contribution in [1.29, 1.82) is 0 Å². The van der Waals surface area contributed by atoms with Gasteiger partial charge in [0.2, 0.25) is 0 Å². The number of hydrogen-bond acceptors (Lipinski definition) is 4. The van der Waals surface area contributed by atoms with Crippen molar-refractivity contribution in [2.24, 2.45) is 0 Å². The summed E-state index contributed by atoms with van der Waals surface area (Å²) in [6.07, 6.45) is 6.26. The highest BCUT2D eigenvalue weighted by atomic mass is 35.5. The van der Waals surface area contributed by atoms with Crippen LogP contribution in [0.3, 0.4) is 0 Å². The lowest BCUT2D eigenvalue weighted by molar-refractivity contribution is 0.194. The van der Waals surface area contributed by atoms with Gasteiger partial charge in [-0.25, -0.2) is 9.97 Å². The van der Waals surface area contributed by atoms with Gasteiger partial charge in [-0.1, -0.05) is 24.9 Å². The fraction of sp³-hybridized carbons (Fsp3) is 0.692. The Kier molecular flexibility index (Phi) is 4.78. The van der Waals surface area contributed by atoms with Gasteiger partial charge in [0.1, 0.15) is 17.3 Å². The Morgan fingerprint density at radius 1 is 1.44 bits per heavy atom. The van der Waals surface area contributed by atoms with Gasteiger partial charge in [0.25, 0.3) is 0 Å². The minimum absolute atomic E-state index is 0.562. The molecule has 2 heterocycles. The molecule has 0 bridgehead atoms. The predicted molar refractivity (Wildman–Crippen MR) is 75.2 cm³/mol. The van der Waals surface area contributed by atoms with E-state index in [2.05, 4.69) is 34.2 Å². The molecule has 1 aromatic rings. The minimum Gasteiger partial charge on any atom is -0.368 e. The highest BCUT2D eigenvalue weighted by Gasteiger charge is 2.19. The molecule has 1 unspecified atom stereocenters. The van der Waals surface area contributed by atoms with Crippen LogP contribution in [0.5, 0.6) is 0 Å². The molecule has 1 aliphatic rings. The van der Waals surface area contributed by atoms with Crippen molar-refractivity contribution in [3.63, 3.8) is 0 Å². The van der Waals surface area contributed by atoms with Crippen molar-refractivity contribution < 1.29 is 0 Å². The van der Waals surface area contributed by atoms with Crippen LogP contribution in [0, 0.1) is 0 Å². The number of nitrogens with one attached hydrogen (secondary N) is 1. The zero-order valence-corrected chi connectivity index (χ0v) is 11.9. The lowest BCUT2D eigenvalue weighted by atomic mass is 10.0. The molecule has 18 heavy (non-hydrogen) atoms. The van der Waals surface area contributed by atoms with Crippen LogP contribution < -0.4 is 5.32 Å². The highest BCUT2D eigenvalue weighted by molar-refractivity contribution is 6.30. The fourth-order valence-electron chi connectivity index (χ4n) is 2.47. The lowest BCUT2D eigenvalue weighted by Crippen LogP contribution is -2.41. The van der Waals surface area contributed by atoms with Crippen molar-refractivity contribution in [2.75, 3.05) is 25.5 Å². The third-order valence-electron chi connectivity index (χ3n) is 3.67. The fourth-order valence-corrected chi connectivity index (χ4v) is 2.74. The third-order valence-corrected chi connectivity index (χ3v) is 4.00. The van der Waals surface area contributed by atoms with Gasteiger partial charge in [-0.3, -0.25) is 0 Å². The summed E-state index contributed by atoms with van der Waals surface area (Å²) < 4.78 is 0. The van der Waals surface area contributed by atoms with E-state index >= 15 is 0 Å². The lowest BCUT2D eigenvalue weighted by Gasteiger charge is -2.32. The second-order valence-corrected chi connectivity index (χ2v) is 5.21. The molecule has 0 aliphatic carbocycles. The molecule has 2 rings (SSSR count). The Labute approximate surface area is 114 Å². The van der Waals surface area contributed by atoms with E-state index in [1.165, 1.54) is 32.1 Å². The van der Waals surface area contributed by atoms with E-state index in [9.17, 15) is 0 Å². The maximum Gasteiger partial charge on any atom is 0.137 e. The summed E-state index contributed by atoms with van der Waals surface area (Å²) >= 11 is 6.08. The summed E-state index contributed by atoms with van der Waals surface area (Å²) in [5, 5.41) is 3.99. The van der Waals surface area contributed by atoms with Gasteiger partial charge in [0.15, 0.2) is 0 Å². The molecule has 0 aromatic carbocycles. The zero-order chi connectivity index (χ0) is 13.0. The van der Waals surface area contributed by atoms with E-state index in [1.807, 2.05) is 0 Å². The van der Waals surface area contributed by atoms with Gasteiger partial charge in [0, 0.05) is 18.2 Å². The van der Waals surface area contributed by atoms with Gasteiger partial charge < -0.3 is 10.2 Å². The van der Waals surface area contributed by atoms with E-state index in [1.54, 1.807) is 0 Å². The monoisotopic (exact) mass is 268 g/mol. The number of aromatic nitrogens is 2. The summed E-state index contributed by atoms with van der Waals surface area (Å²) in [7, 11) is 2.19. The Morgan fingerprint density at radius 2 is 2.28 bits per heavy atom. The highest BCUT2D eigenvalue weighted by Crippen LogP contribution is 2.21. The molecule has 100 valence electrons. The molecule has 1 atom stereocenters. The van der Waals surface area contributed by atoms with E-state index in [0.29, 0.717) is 11.2 Å². The minimum atomic E-state index is 0.562. The van der Waals surface area contributed by atoms with Gasteiger partial charge in [-0.05, 0) is 32.9 Å². The number of hydrogen-bond donors (Lipinski definition) is 1. The quantitative estimate of drug-likeness (QED) is 0.853. The van der Waals surface area contributed by atoms with Crippen molar-refractivity contribution in [3.8, 4) is 0 Å². The molecular formula is C13H21ClN4. The molecule has 5 heteroatoms. The second-order valence-electron chi connectivity index (χ2n) is 4.86. The van der Waals surface area contributed by atoms with Crippen LogP contribution in [-0.2, 0) is 6.42 Å². The Morgan fingerprint density at radius 3 is 3.00 bits per heavy atom. The molecule has 0 radical (unpaired) electrons. The summed E-state index contributed by atoms with van der Waals surface area (Å²) in [6, 6.07) is 0.595. The smallest absolute Gasteiger partial charge is 0.137 e. The first-order chi connectivity index (χ1) is 8.72. The van der Waals surface area contributed by atoms with E-state index in [-0.39, 0.29) is 0 Å². The van der Waals surface area contributed by atoms with Crippen LogP contribution in [0.25, 0.3) is 0 Å². The molecule has 0 saturated carbocycles. The molecule has 1 aromatic heterocycles. The Balaban J connectivity index is 1.99. The molecule has 1 aliphatic heterocycles. The van der Waals surface area contributed by atoms with E-state index in [4.69, 9.17) is 11.6 Å². The topological polar surface area (TPSA) is 41.1 Å². The molecule has 1 N–H and O–H groups in total. The van der Waals surface area contributed by atoms with Gasteiger partial charge in [-0.2, -0.15) is 0 Å². The summed E-state index contributed by atoms with van der Waals surface area (Å²) in [5.74, 6) is 0.886. The zero-order valence-electron chi connectivity index (χ0n) is 11.1. The Hall–Kier alpha value is -0.870. The van der Waals surface area contributed by atoms with Crippen molar-refractivity contribution in [2.45, 2.75) is 38.6 Å². The van der Waals surface area contributed by atoms with Crippen molar-refractivity contribution in [1.82, 2.24) is 14.9 Å². The maximum absolute atomic E-state index is 6.08. The van der Waals surface area contributed by atoms with Crippen LogP contribution in [0.4, 0.5) is 5.82 Å². The normalized spacial score (nSPS) is 20.9. The van der Waals surface area contributed by atoms with Crippen molar-refractivity contribution in [3.05, 3.63) is 17.0 Å². The standard InChI is InChI=1S/C13H21ClN4/c1-3-11-12(14)16-9-17-13(11)15-8-10-6-4-5-7-18(10)2/h9-10H,3-8H2,1-2H3,(H,15,16,17). The van der Waals surface area contributed by atoms with Crippen LogP contribution in [0.15, 0.2) is 6.33 Å². The molecule has 0 amide bonds. The predicted octanol–water partition coefficient (Wildman–Crippen LogP) is 2.59. The van der Waals surface area contributed by atoms with Gasteiger partial charge >= 0.3 is 0 Å². The van der Waals surface area contributed by atoms with Gasteiger partial charge in [0.05, 0.1) is 0 Å². The number of likely N-dealkylation sites (N-methyl/N-ethyl adjacent to an activating group) is 1. The average Bonchev–Trinajstić information content (AvgIpc) is 2.38. The maximum atomic E-state index is 6.08. The second kappa shape index (κ2) is 6.34. The number of anilines is 1. The van der Waals surface area contributed by atoms with Crippen LogP contribution >= 0.6 is 11.6 Å². The SMILES string of the molecule is CCc1c(Cl)ncnc1NCC1CCCCN1C. The number of rotatable bonds is 4. The van der Waals surface area contributed by atoms with Crippen LogP contribution in [0.2, 0.25) is 5.15 Å². The average molecular weight is 269 g/mol. The van der Waals surface area contributed by atoms with E-state index < -0.39 is 0 Å². The first-order valence-electron chi connectivity index (χ1n) is 6.65.